The summed E-state index contributed by atoms with van der Waals surface area (Å²) in [6.45, 7) is 1.01. The van der Waals surface area contributed by atoms with Crippen LogP contribution in [0.25, 0.3) is 0 Å². The third-order valence-electron chi connectivity index (χ3n) is 3.05. The molecular weight excluding hydrogens is 301 g/mol. The summed E-state index contributed by atoms with van der Waals surface area (Å²) < 4.78 is 23.5. The van der Waals surface area contributed by atoms with Crippen molar-refractivity contribution in [3.8, 4) is 11.5 Å². The summed E-state index contributed by atoms with van der Waals surface area (Å²) in [4.78, 5) is 23.3. The van der Waals surface area contributed by atoms with Crippen LogP contribution < -0.4 is 14.8 Å². The number of Topliss-reactive ketones (excluding diaryl/α,β-unsaturated/α-hetero) is 1. The van der Waals surface area contributed by atoms with Crippen LogP contribution in [0.4, 0.5) is 10.1 Å². The first kappa shape index (κ1) is 16.5. The number of hydrogen-bond donors (Lipinski definition) is 1. The van der Waals surface area contributed by atoms with Crippen molar-refractivity contribution in [2.45, 2.75) is 6.92 Å². The molecule has 0 aliphatic heterocycles. The molecule has 0 saturated carbocycles. The van der Waals surface area contributed by atoms with E-state index < -0.39 is 11.7 Å². The van der Waals surface area contributed by atoms with Gasteiger partial charge in [0.05, 0.1) is 12.7 Å². The third kappa shape index (κ3) is 4.54. The molecule has 0 bridgehead atoms. The van der Waals surface area contributed by atoms with E-state index in [9.17, 15) is 14.0 Å². The number of anilines is 1. The summed E-state index contributed by atoms with van der Waals surface area (Å²) in [5.74, 6) is -0.422. The highest BCUT2D eigenvalue weighted by Gasteiger charge is 2.12. The van der Waals surface area contributed by atoms with Crippen molar-refractivity contribution < 1.29 is 23.5 Å². The van der Waals surface area contributed by atoms with Crippen molar-refractivity contribution in [3.05, 3.63) is 53.8 Å². The fourth-order valence-electron chi connectivity index (χ4n) is 1.92. The molecule has 2 aromatic carbocycles. The first-order valence-electron chi connectivity index (χ1n) is 6.87. The molecule has 2 rings (SSSR count). The molecule has 0 aromatic heterocycles. The summed E-state index contributed by atoms with van der Waals surface area (Å²) in [6, 6.07) is 10.4. The second kappa shape index (κ2) is 7.40. The van der Waals surface area contributed by atoms with Gasteiger partial charge in [0, 0.05) is 5.69 Å². The van der Waals surface area contributed by atoms with Crippen molar-refractivity contribution in [1.82, 2.24) is 0 Å². The van der Waals surface area contributed by atoms with Gasteiger partial charge in [0.1, 0.15) is 17.3 Å². The van der Waals surface area contributed by atoms with Gasteiger partial charge in [0.15, 0.2) is 12.4 Å². The van der Waals surface area contributed by atoms with Gasteiger partial charge < -0.3 is 14.8 Å². The van der Waals surface area contributed by atoms with Crippen molar-refractivity contribution in [2.24, 2.45) is 0 Å². The smallest absolute Gasteiger partial charge is 0.262 e. The maximum absolute atomic E-state index is 13.2. The maximum atomic E-state index is 13.2. The average molecular weight is 317 g/mol. The molecule has 1 N–H and O–H groups in total. The Bertz CT molecular complexity index is 713. The molecule has 120 valence electrons. The van der Waals surface area contributed by atoms with Crippen LogP contribution in [0.5, 0.6) is 11.5 Å². The van der Waals surface area contributed by atoms with Gasteiger partial charge in [-0.3, -0.25) is 9.59 Å². The molecule has 0 spiro atoms. The minimum absolute atomic E-state index is 0.0993. The topological polar surface area (TPSA) is 64.6 Å². The third-order valence-corrected chi connectivity index (χ3v) is 3.05. The minimum atomic E-state index is -0.537. The van der Waals surface area contributed by atoms with Crippen molar-refractivity contribution in [3.63, 3.8) is 0 Å². The lowest BCUT2D eigenvalue weighted by Gasteiger charge is -2.10. The Morgan fingerprint density at radius 2 is 1.83 bits per heavy atom. The number of halogens is 1. The normalized spacial score (nSPS) is 10.0. The van der Waals surface area contributed by atoms with Crippen LogP contribution in [0.1, 0.15) is 17.3 Å². The molecule has 1 amide bonds. The number of carbonyl (C=O) groups is 2. The number of methoxy groups -OCH3 is 1. The summed E-state index contributed by atoms with van der Waals surface area (Å²) in [5.41, 5.74) is 0.688. The Labute approximate surface area is 133 Å². The largest absolute Gasteiger partial charge is 0.497 e. The highest BCUT2D eigenvalue weighted by Crippen LogP contribution is 2.20. The molecule has 0 aliphatic rings. The zero-order valence-corrected chi connectivity index (χ0v) is 12.8. The Morgan fingerprint density at radius 3 is 2.43 bits per heavy atom. The average Bonchev–Trinajstić information content (AvgIpc) is 2.54. The van der Waals surface area contributed by atoms with Crippen LogP contribution in [-0.4, -0.2) is 25.4 Å². The van der Waals surface area contributed by atoms with Crippen LogP contribution >= 0.6 is 0 Å². The molecule has 6 heteroatoms. The van der Waals surface area contributed by atoms with Crippen molar-refractivity contribution in [1.29, 1.82) is 0 Å². The van der Waals surface area contributed by atoms with Gasteiger partial charge in [0.25, 0.3) is 5.91 Å². The predicted octanol–water partition coefficient (Wildman–Crippen LogP) is 3.05. The van der Waals surface area contributed by atoms with E-state index in [1.54, 1.807) is 31.4 Å². The fraction of sp³-hybridized carbons (Fsp3) is 0.176. The van der Waals surface area contributed by atoms with E-state index in [4.69, 9.17) is 9.47 Å². The maximum Gasteiger partial charge on any atom is 0.262 e. The number of nitrogens with one attached hydrogen (secondary N) is 1. The fourth-order valence-corrected chi connectivity index (χ4v) is 1.92. The van der Waals surface area contributed by atoms with Crippen molar-refractivity contribution >= 4 is 17.4 Å². The second-order valence-electron chi connectivity index (χ2n) is 4.76. The van der Waals surface area contributed by atoms with E-state index in [0.717, 1.165) is 6.07 Å². The van der Waals surface area contributed by atoms with E-state index in [-0.39, 0.29) is 23.7 Å². The molecule has 0 fully saturated rings. The molecule has 0 aliphatic carbocycles. The summed E-state index contributed by atoms with van der Waals surface area (Å²) in [5, 5.41) is 2.65. The van der Waals surface area contributed by atoms with Crippen LogP contribution in [0.15, 0.2) is 42.5 Å². The Kier molecular flexibility index (Phi) is 5.30. The first-order valence-corrected chi connectivity index (χ1v) is 6.87. The van der Waals surface area contributed by atoms with E-state index in [1.807, 2.05) is 0 Å². The van der Waals surface area contributed by atoms with Crippen LogP contribution in [-0.2, 0) is 4.79 Å². The van der Waals surface area contributed by atoms with Gasteiger partial charge in [-0.15, -0.1) is 0 Å². The van der Waals surface area contributed by atoms with Gasteiger partial charge in [-0.2, -0.15) is 0 Å². The van der Waals surface area contributed by atoms with Gasteiger partial charge in [0.2, 0.25) is 0 Å². The molecule has 0 atom stereocenters. The zero-order valence-electron chi connectivity index (χ0n) is 12.8. The predicted molar refractivity (Wildman–Crippen MR) is 83.5 cm³/mol. The molecule has 2 aromatic rings. The number of rotatable bonds is 6. The van der Waals surface area contributed by atoms with Crippen LogP contribution in [0.2, 0.25) is 0 Å². The van der Waals surface area contributed by atoms with Crippen LogP contribution in [0, 0.1) is 5.82 Å². The van der Waals surface area contributed by atoms with E-state index in [2.05, 4.69) is 5.32 Å². The highest BCUT2D eigenvalue weighted by molar-refractivity contribution is 5.97. The van der Waals surface area contributed by atoms with Gasteiger partial charge in [-0.1, -0.05) is 0 Å². The number of ether oxygens (including phenoxy) is 2. The van der Waals surface area contributed by atoms with E-state index >= 15 is 0 Å². The molecule has 0 heterocycles. The number of amides is 1. The monoisotopic (exact) mass is 317 g/mol. The molecular formula is C17H16FNO4. The SMILES string of the molecule is COc1ccc(NC(=O)COc2ccc(F)cc2C(C)=O)cc1. The van der Waals surface area contributed by atoms with Gasteiger partial charge in [-0.25, -0.2) is 4.39 Å². The lowest BCUT2D eigenvalue weighted by Crippen LogP contribution is -2.20. The molecule has 0 unspecified atom stereocenters. The molecule has 23 heavy (non-hydrogen) atoms. The Hall–Kier alpha value is -2.89. The summed E-state index contributed by atoms with van der Waals surface area (Å²) >= 11 is 0. The van der Waals surface area contributed by atoms with E-state index in [1.165, 1.54) is 19.1 Å². The molecule has 5 nitrogen and oxygen atoms in total. The Morgan fingerprint density at radius 1 is 1.13 bits per heavy atom. The van der Waals surface area contributed by atoms with E-state index in [0.29, 0.717) is 11.4 Å². The van der Waals surface area contributed by atoms with Crippen LogP contribution in [0.3, 0.4) is 0 Å². The highest BCUT2D eigenvalue weighted by atomic mass is 19.1. The number of benzene rings is 2. The molecule has 0 radical (unpaired) electrons. The number of ketones is 1. The number of hydrogen-bond acceptors (Lipinski definition) is 4. The summed E-state index contributed by atoms with van der Waals surface area (Å²) in [7, 11) is 1.55. The first-order chi connectivity index (χ1) is 11.0. The quantitative estimate of drug-likeness (QED) is 0.832. The lowest BCUT2D eigenvalue weighted by molar-refractivity contribution is -0.118. The lowest BCUT2D eigenvalue weighted by atomic mass is 10.1. The van der Waals surface area contributed by atoms with Gasteiger partial charge >= 0.3 is 0 Å². The number of carbonyl (C=O) groups excluding carboxylic acids is 2. The second-order valence-corrected chi connectivity index (χ2v) is 4.76. The zero-order chi connectivity index (χ0) is 16.8. The standard InChI is InChI=1S/C17H16FNO4/c1-11(20)15-9-12(18)3-8-16(15)23-10-17(21)19-13-4-6-14(22-2)7-5-13/h3-9H,10H2,1-2H3,(H,19,21). The van der Waals surface area contributed by atoms with Gasteiger partial charge in [-0.05, 0) is 49.4 Å². The minimum Gasteiger partial charge on any atom is -0.497 e. The van der Waals surface area contributed by atoms with Crippen molar-refractivity contribution in [2.75, 3.05) is 19.0 Å². The summed E-state index contributed by atoms with van der Waals surface area (Å²) in [6.07, 6.45) is 0. The molecule has 0 saturated heterocycles. The Balaban J connectivity index is 1.97.